The molecule has 0 spiro atoms. The van der Waals surface area contributed by atoms with Crippen LogP contribution in [-0.2, 0) is 4.74 Å². The average molecular weight is 264 g/mol. The van der Waals surface area contributed by atoms with Crippen LogP contribution in [-0.4, -0.2) is 32.3 Å². The maximum absolute atomic E-state index is 14.2. The molecule has 2 fully saturated rings. The smallest absolute Gasteiger partial charge is 0.146 e. The van der Waals surface area contributed by atoms with Gasteiger partial charge in [0.05, 0.1) is 18.9 Å². The molecule has 4 heteroatoms. The number of hydrogen-bond acceptors (Lipinski definition) is 3. The molecule has 1 N–H and O–H groups in total. The van der Waals surface area contributed by atoms with Gasteiger partial charge in [0.1, 0.15) is 5.82 Å². The molecule has 1 saturated heterocycles. The third-order valence-electron chi connectivity index (χ3n) is 3.89. The number of nitrogens with zero attached hydrogens (tertiary/aromatic N) is 1. The van der Waals surface area contributed by atoms with Crippen LogP contribution in [0.2, 0.25) is 0 Å². The van der Waals surface area contributed by atoms with Gasteiger partial charge in [-0.15, -0.1) is 0 Å². The first kappa shape index (κ1) is 12.9. The van der Waals surface area contributed by atoms with Gasteiger partial charge in [0.25, 0.3) is 0 Å². The van der Waals surface area contributed by atoms with Crippen LogP contribution in [0.5, 0.6) is 0 Å². The van der Waals surface area contributed by atoms with Gasteiger partial charge in [-0.3, -0.25) is 0 Å². The van der Waals surface area contributed by atoms with Crippen molar-refractivity contribution in [1.29, 1.82) is 0 Å². The second-order valence-corrected chi connectivity index (χ2v) is 5.47. The van der Waals surface area contributed by atoms with E-state index in [1.807, 2.05) is 12.1 Å². The van der Waals surface area contributed by atoms with Crippen molar-refractivity contribution in [2.75, 3.05) is 31.2 Å². The average Bonchev–Trinajstić information content (AvgIpc) is 3.23. The van der Waals surface area contributed by atoms with Crippen molar-refractivity contribution in [3.05, 3.63) is 29.6 Å². The van der Waals surface area contributed by atoms with Crippen LogP contribution in [0.15, 0.2) is 18.2 Å². The molecule has 0 amide bonds. The Morgan fingerprint density at radius 2 is 2.05 bits per heavy atom. The van der Waals surface area contributed by atoms with Crippen LogP contribution in [0.4, 0.5) is 10.1 Å². The van der Waals surface area contributed by atoms with E-state index in [0.29, 0.717) is 24.9 Å². The summed E-state index contributed by atoms with van der Waals surface area (Å²) in [6.07, 6.45) is 2.50. The van der Waals surface area contributed by atoms with Crippen molar-refractivity contribution in [3.8, 4) is 0 Å². The first-order valence-electron chi connectivity index (χ1n) is 7.12. The lowest BCUT2D eigenvalue weighted by Crippen LogP contribution is -2.36. The highest BCUT2D eigenvalue weighted by Crippen LogP contribution is 2.27. The molecule has 3 rings (SSSR count). The topological polar surface area (TPSA) is 24.5 Å². The van der Waals surface area contributed by atoms with Crippen LogP contribution in [0.3, 0.4) is 0 Å². The Bertz CT molecular complexity index is 442. The summed E-state index contributed by atoms with van der Waals surface area (Å²) in [5, 5.41) is 3.50. The highest BCUT2D eigenvalue weighted by molar-refractivity contribution is 5.49. The Balaban J connectivity index is 1.72. The molecule has 1 aromatic rings. The van der Waals surface area contributed by atoms with Crippen LogP contribution < -0.4 is 10.2 Å². The molecule has 1 aromatic carbocycles. The van der Waals surface area contributed by atoms with Crippen LogP contribution >= 0.6 is 0 Å². The molecule has 1 heterocycles. The Kier molecular flexibility index (Phi) is 3.71. The molecule has 2 aliphatic rings. The molecule has 1 aliphatic carbocycles. The van der Waals surface area contributed by atoms with Crippen molar-refractivity contribution in [1.82, 2.24) is 5.32 Å². The molecule has 0 radical (unpaired) electrons. The molecular formula is C15H21FN2O. The zero-order valence-electron chi connectivity index (χ0n) is 11.4. The van der Waals surface area contributed by atoms with E-state index in [1.165, 1.54) is 12.8 Å². The zero-order chi connectivity index (χ0) is 13.2. The standard InChI is InChI=1S/C15H21FN2O/c1-11(17-13-3-4-13)12-2-5-15(14(16)10-12)18-6-8-19-9-7-18/h2,5,10-11,13,17H,3-4,6-9H2,1H3/t11-/m0/s1. The minimum Gasteiger partial charge on any atom is -0.378 e. The monoisotopic (exact) mass is 264 g/mol. The van der Waals surface area contributed by atoms with Crippen molar-refractivity contribution >= 4 is 5.69 Å². The largest absolute Gasteiger partial charge is 0.378 e. The van der Waals surface area contributed by atoms with Gasteiger partial charge in [-0.2, -0.15) is 0 Å². The number of halogens is 1. The molecule has 104 valence electrons. The fraction of sp³-hybridized carbons (Fsp3) is 0.600. The Hall–Kier alpha value is -1.13. The van der Waals surface area contributed by atoms with E-state index in [0.717, 1.165) is 18.7 Å². The van der Waals surface area contributed by atoms with Gasteiger partial charge in [0.15, 0.2) is 0 Å². The Morgan fingerprint density at radius 1 is 1.32 bits per heavy atom. The zero-order valence-corrected chi connectivity index (χ0v) is 11.4. The summed E-state index contributed by atoms with van der Waals surface area (Å²) in [6.45, 7) is 5.00. The van der Waals surface area contributed by atoms with Gasteiger partial charge >= 0.3 is 0 Å². The number of rotatable bonds is 4. The lowest BCUT2D eigenvalue weighted by molar-refractivity contribution is 0.122. The second kappa shape index (κ2) is 5.47. The number of hydrogen-bond donors (Lipinski definition) is 1. The van der Waals surface area contributed by atoms with Crippen LogP contribution in [0, 0.1) is 5.82 Å². The quantitative estimate of drug-likeness (QED) is 0.904. The van der Waals surface area contributed by atoms with Gasteiger partial charge < -0.3 is 15.0 Å². The fourth-order valence-corrected chi connectivity index (χ4v) is 2.55. The summed E-state index contributed by atoms with van der Waals surface area (Å²) in [4.78, 5) is 2.06. The van der Waals surface area contributed by atoms with Crippen molar-refractivity contribution in [2.24, 2.45) is 0 Å². The van der Waals surface area contributed by atoms with E-state index in [2.05, 4.69) is 17.1 Å². The molecule has 1 saturated carbocycles. The van der Waals surface area contributed by atoms with Gasteiger partial charge in [-0.1, -0.05) is 6.07 Å². The molecule has 1 aliphatic heterocycles. The van der Waals surface area contributed by atoms with E-state index >= 15 is 0 Å². The van der Waals surface area contributed by atoms with Gasteiger partial charge in [-0.05, 0) is 37.5 Å². The summed E-state index contributed by atoms with van der Waals surface area (Å²) >= 11 is 0. The molecule has 0 unspecified atom stereocenters. The molecule has 19 heavy (non-hydrogen) atoms. The lowest BCUT2D eigenvalue weighted by Gasteiger charge is -2.29. The summed E-state index contributed by atoms with van der Waals surface area (Å²) in [7, 11) is 0. The second-order valence-electron chi connectivity index (χ2n) is 5.47. The summed E-state index contributed by atoms with van der Waals surface area (Å²) in [6, 6.07) is 6.47. The maximum atomic E-state index is 14.2. The Labute approximate surface area is 113 Å². The SMILES string of the molecule is C[C@H](NC1CC1)c1ccc(N2CCOCC2)c(F)c1. The third-order valence-corrected chi connectivity index (χ3v) is 3.89. The molecular weight excluding hydrogens is 243 g/mol. The van der Waals surface area contributed by atoms with Gasteiger partial charge in [0, 0.05) is 25.2 Å². The molecule has 3 nitrogen and oxygen atoms in total. The predicted molar refractivity (Wildman–Crippen MR) is 74.0 cm³/mol. The number of morpholine rings is 1. The van der Waals surface area contributed by atoms with E-state index < -0.39 is 0 Å². The van der Waals surface area contributed by atoms with Crippen molar-refractivity contribution in [3.63, 3.8) is 0 Å². The number of benzene rings is 1. The molecule has 0 bridgehead atoms. The van der Waals surface area contributed by atoms with E-state index in [-0.39, 0.29) is 11.9 Å². The number of anilines is 1. The van der Waals surface area contributed by atoms with E-state index in [9.17, 15) is 4.39 Å². The van der Waals surface area contributed by atoms with E-state index in [4.69, 9.17) is 4.74 Å². The Morgan fingerprint density at radius 3 is 2.68 bits per heavy atom. The summed E-state index contributed by atoms with van der Waals surface area (Å²) < 4.78 is 19.5. The lowest BCUT2D eigenvalue weighted by atomic mass is 10.1. The normalized spacial score (nSPS) is 21.5. The summed E-state index contributed by atoms with van der Waals surface area (Å²) in [5.41, 5.74) is 1.73. The van der Waals surface area contributed by atoms with Crippen molar-refractivity contribution in [2.45, 2.75) is 31.8 Å². The summed E-state index contributed by atoms with van der Waals surface area (Å²) in [5.74, 6) is -0.121. The van der Waals surface area contributed by atoms with Gasteiger partial charge in [0.2, 0.25) is 0 Å². The first-order valence-corrected chi connectivity index (χ1v) is 7.12. The minimum atomic E-state index is -0.121. The predicted octanol–water partition coefficient (Wildman–Crippen LogP) is 2.48. The highest BCUT2D eigenvalue weighted by atomic mass is 19.1. The molecule has 1 atom stereocenters. The first-order chi connectivity index (χ1) is 9.24. The molecule has 0 aromatic heterocycles. The highest BCUT2D eigenvalue weighted by Gasteiger charge is 2.24. The number of nitrogens with one attached hydrogen (secondary N) is 1. The number of ether oxygens (including phenoxy) is 1. The maximum Gasteiger partial charge on any atom is 0.146 e. The van der Waals surface area contributed by atoms with E-state index in [1.54, 1.807) is 6.07 Å². The fourth-order valence-electron chi connectivity index (χ4n) is 2.55. The van der Waals surface area contributed by atoms with Gasteiger partial charge in [-0.25, -0.2) is 4.39 Å². The minimum absolute atomic E-state index is 0.121. The third kappa shape index (κ3) is 3.07. The van der Waals surface area contributed by atoms with Crippen LogP contribution in [0.25, 0.3) is 0 Å². The van der Waals surface area contributed by atoms with Crippen molar-refractivity contribution < 1.29 is 9.13 Å². The van der Waals surface area contributed by atoms with Crippen LogP contribution in [0.1, 0.15) is 31.4 Å².